The molecule has 0 bridgehead atoms. The first-order chi connectivity index (χ1) is 19.6. The minimum Gasteiger partial charge on any atom is -0.478 e. The number of fused-ring (bicyclic) bond motifs is 7. The Morgan fingerprint density at radius 2 is 1.62 bits per heavy atom. The molecular formula is C37H54N2O3. The number of carboxylic acid groups (broad SMARTS) is 1. The van der Waals surface area contributed by atoms with Crippen molar-refractivity contribution in [2.24, 2.45) is 57.0 Å². The molecule has 0 heterocycles. The highest BCUT2D eigenvalue weighted by molar-refractivity contribution is 5.88. The van der Waals surface area contributed by atoms with Gasteiger partial charge in [-0.05, 0) is 141 Å². The minimum absolute atomic E-state index is 0.0257. The van der Waals surface area contributed by atoms with Gasteiger partial charge in [-0.3, -0.25) is 4.79 Å². The van der Waals surface area contributed by atoms with E-state index in [9.17, 15) is 14.7 Å². The van der Waals surface area contributed by atoms with Gasteiger partial charge in [0.2, 0.25) is 5.91 Å². The standard InChI is InChI=1S/C37H54N2O3/c1-33(2,38)22-39-32(42)37-18-7-8-28(37)25-13-14-30-35(5,27(25)16-21-37)20-17-29-34(3,4)26(15-19-36(29,30)6)23-9-11-24(12-10-23)31(40)41/h9-12,15,25,27-30H,7-8,13-14,16-22,38H2,1-6H3,(H,39,42)(H,40,41)/t25-,27?,28?,29?,30?,35-,36-,37-/m0/s1. The zero-order valence-electron chi connectivity index (χ0n) is 26.9. The maximum Gasteiger partial charge on any atom is 0.335 e. The number of benzene rings is 1. The van der Waals surface area contributed by atoms with Gasteiger partial charge in [0, 0.05) is 12.1 Å². The lowest BCUT2D eigenvalue weighted by Gasteiger charge is -2.68. The molecule has 0 saturated heterocycles. The summed E-state index contributed by atoms with van der Waals surface area (Å²) >= 11 is 0. The fraction of sp³-hybridized carbons (Fsp3) is 0.730. The van der Waals surface area contributed by atoms with Gasteiger partial charge < -0.3 is 16.2 Å². The van der Waals surface area contributed by atoms with E-state index in [0.29, 0.717) is 47.1 Å². The van der Waals surface area contributed by atoms with Gasteiger partial charge in [0.25, 0.3) is 0 Å². The molecule has 1 aromatic carbocycles. The molecule has 0 aromatic heterocycles. The molecule has 0 aliphatic heterocycles. The highest BCUT2D eigenvalue weighted by Crippen LogP contribution is 2.73. The molecule has 1 aromatic rings. The highest BCUT2D eigenvalue weighted by atomic mass is 16.4. The molecule has 8 atom stereocenters. The van der Waals surface area contributed by atoms with Crippen LogP contribution in [0.15, 0.2) is 30.3 Å². The summed E-state index contributed by atoms with van der Waals surface area (Å²) < 4.78 is 0. The molecule has 230 valence electrons. The molecular weight excluding hydrogens is 520 g/mol. The minimum atomic E-state index is -0.870. The molecule has 5 aliphatic carbocycles. The second kappa shape index (κ2) is 9.94. The van der Waals surface area contributed by atoms with E-state index >= 15 is 0 Å². The number of nitrogens with two attached hydrogens (primary N) is 1. The van der Waals surface area contributed by atoms with Crippen molar-refractivity contribution in [1.82, 2.24) is 5.32 Å². The van der Waals surface area contributed by atoms with E-state index in [2.05, 4.69) is 39.1 Å². The van der Waals surface area contributed by atoms with Crippen molar-refractivity contribution in [2.45, 2.75) is 111 Å². The van der Waals surface area contributed by atoms with Crippen LogP contribution >= 0.6 is 0 Å². The number of carboxylic acids is 1. The monoisotopic (exact) mass is 574 g/mol. The van der Waals surface area contributed by atoms with Gasteiger partial charge in [-0.25, -0.2) is 4.79 Å². The SMILES string of the molecule is CC(C)(N)CNC(=O)[C@]12CCCC1[C@H]1CCC3[C@@](C)(CCC4C(C)(C)C(c5ccc(C(=O)O)cc5)=CC[C@@]43C)C1CC2. The maximum absolute atomic E-state index is 13.8. The van der Waals surface area contributed by atoms with E-state index in [-0.39, 0.29) is 27.7 Å². The van der Waals surface area contributed by atoms with Crippen LogP contribution in [0.3, 0.4) is 0 Å². The van der Waals surface area contributed by atoms with Crippen LogP contribution in [-0.2, 0) is 4.79 Å². The van der Waals surface area contributed by atoms with Gasteiger partial charge in [-0.15, -0.1) is 0 Å². The topological polar surface area (TPSA) is 92.4 Å². The van der Waals surface area contributed by atoms with Crippen LogP contribution in [0.2, 0.25) is 0 Å². The first-order valence-corrected chi connectivity index (χ1v) is 16.8. The molecule has 5 aliphatic rings. The summed E-state index contributed by atoms with van der Waals surface area (Å²) in [5.74, 6) is 2.59. The lowest BCUT2D eigenvalue weighted by molar-refractivity contribution is -0.181. The molecule has 4 N–H and O–H groups in total. The lowest BCUT2D eigenvalue weighted by Crippen LogP contribution is -2.62. The van der Waals surface area contributed by atoms with E-state index in [4.69, 9.17) is 5.73 Å². The Labute approximate surface area is 253 Å². The van der Waals surface area contributed by atoms with Gasteiger partial charge in [-0.1, -0.05) is 52.3 Å². The van der Waals surface area contributed by atoms with E-state index in [1.807, 2.05) is 26.0 Å². The van der Waals surface area contributed by atoms with Crippen molar-refractivity contribution in [2.75, 3.05) is 6.54 Å². The van der Waals surface area contributed by atoms with Crippen LogP contribution in [0, 0.1) is 51.2 Å². The van der Waals surface area contributed by atoms with Gasteiger partial charge in [0.05, 0.1) is 11.0 Å². The molecule has 1 amide bonds. The number of hydrogen-bond acceptors (Lipinski definition) is 3. The highest BCUT2D eigenvalue weighted by Gasteiger charge is 2.66. The molecule has 0 radical (unpaired) electrons. The molecule has 42 heavy (non-hydrogen) atoms. The largest absolute Gasteiger partial charge is 0.478 e. The van der Waals surface area contributed by atoms with Gasteiger partial charge in [0.1, 0.15) is 0 Å². The number of amides is 1. The van der Waals surface area contributed by atoms with E-state index in [1.165, 1.54) is 56.1 Å². The average molecular weight is 575 g/mol. The lowest BCUT2D eigenvalue weighted by atomic mass is 9.36. The van der Waals surface area contributed by atoms with Crippen LogP contribution in [0.25, 0.3) is 5.57 Å². The van der Waals surface area contributed by atoms with Gasteiger partial charge in [0.15, 0.2) is 0 Å². The van der Waals surface area contributed by atoms with Crippen molar-refractivity contribution in [3.8, 4) is 0 Å². The third kappa shape index (κ3) is 4.42. The predicted molar refractivity (Wildman–Crippen MR) is 169 cm³/mol. The average Bonchev–Trinajstić information content (AvgIpc) is 3.37. The number of hydrogen-bond donors (Lipinski definition) is 3. The van der Waals surface area contributed by atoms with Crippen LogP contribution in [0.1, 0.15) is 122 Å². The smallest absolute Gasteiger partial charge is 0.335 e. The molecule has 6 rings (SSSR count). The molecule has 4 unspecified atom stereocenters. The molecule has 4 fully saturated rings. The van der Waals surface area contributed by atoms with Crippen LogP contribution < -0.4 is 11.1 Å². The van der Waals surface area contributed by atoms with Crippen molar-refractivity contribution in [3.63, 3.8) is 0 Å². The summed E-state index contributed by atoms with van der Waals surface area (Å²) in [6, 6.07) is 7.53. The van der Waals surface area contributed by atoms with Crippen molar-refractivity contribution < 1.29 is 14.7 Å². The number of aromatic carboxylic acids is 1. The zero-order chi connectivity index (χ0) is 30.3. The first kappa shape index (κ1) is 29.9. The zero-order valence-corrected chi connectivity index (χ0v) is 26.9. The predicted octanol–water partition coefficient (Wildman–Crippen LogP) is 7.70. The van der Waals surface area contributed by atoms with Crippen molar-refractivity contribution in [1.29, 1.82) is 0 Å². The fourth-order valence-corrected chi connectivity index (χ4v) is 12.0. The number of carbonyl (C=O) groups excluding carboxylic acids is 1. The second-order valence-electron chi connectivity index (χ2n) is 16.8. The Morgan fingerprint density at radius 3 is 2.29 bits per heavy atom. The molecule has 5 heteroatoms. The van der Waals surface area contributed by atoms with E-state index in [0.717, 1.165) is 19.3 Å². The summed E-state index contributed by atoms with van der Waals surface area (Å²) in [7, 11) is 0. The van der Waals surface area contributed by atoms with E-state index < -0.39 is 5.97 Å². The van der Waals surface area contributed by atoms with Crippen LogP contribution in [-0.4, -0.2) is 29.1 Å². The van der Waals surface area contributed by atoms with Crippen molar-refractivity contribution >= 4 is 17.4 Å². The quantitative estimate of drug-likeness (QED) is 0.336. The van der Waals surface area contributed by atoms with E-state index in [1.54, 1.807) is 12.1 Å². The fourth-order valence-electron chi connectivity index (χ4n) is 12.0. The third-order valence-corrected chi connectivity index (χ3v) is 13.7. The normalized spacial score (nSPS) is 40.5. The number of nitrogens with one attached hydrogen (secondary N) is 1. The summed E-state index contributed by atoms with van der Waals surface area (Å²) in [6.07, 6.45) is 14.3. The summed E-state index contributed by atoms with van der Waals surface area (Å²) in [6.45, 7) is 14.7. The summed E-state index contributed by atoms with van der Waals surface area (Å²) in [5, 5.41) is 12.7. The summed E-state index contributed by atoms with van der Waals surface area (Å²) in [5.41, 5.74) is 9.19. The Bertz CT molecular complexity index is 1270. The summed E-state index contributed by atoms with van der Waals surface area (Å²) in [4.78, 5) is 25.2. The van der Waals surface area contributed by atoms with Crippen LogP contribution in [0.5, 0.6) is 0 Å². The number of allylic oxidation sites excluding steroid dienone is 2. The first-order valence-electron chi connectivity index (χ1n) is 16.8. The van der Waals surface area contributed by atoms with Crippen LogP contribution in [0.4, 0.5) is 0 Å². The number of rotatable bonds is 5. The Kier molecular flexibility index (Phi) is 7.08. The third-order valence-electron chi connectivity index (χ3n) is 13.7. The number of carbonyl (C=O) groups is 2. The molecule has 5 nitrogen and oxygen atoms in total. The Hall–Kier alpha value is -2.14. The van der Waals surface area contributed by atoms with Crippen molar-refractivity contribution in [3.05, 3.63) is 41.5 Å². The molecule has 4 saturated carbocycles. The van der Waals surface area contributed by atoms with Gasteiger partial charge >= 0.3 is 5.97 Å². The Morgan fingerprint density at radius 1 is 0.905 bits per heavy atom. The second-order valence-corrected chi connectivity index (χ2v) is 16.8. The van der Waals surface area contributed by atoms with Gasteiger partial charge in [-0.2, -0.15) is 0 Å². The Balaban J connectivity index is 1.26. The molecule has 0 spiro atoms. The maximum atomic E-state index is 13.8.